The molecule has 1 N–H and O–H groups in total. The molecule has 2 aromatic heterocycles. The van der Waals surface area contributed by atoms with Gasteiger partial charge in [0, 0.05) is 12.4 Å². The third kappa shape index (κ3) is 2.25. The van der Waals surface area contributed by atoms with Crippen LogP contribution in [0.5, 0.6) is 0 Å². The first-order valence-electron chi connectivity index (χ1n) is 4.60. The Bertz CT molecular complexity index is 481. The Labute approximate surface area is 101 Å². The van der Waals surface area contributed by atoms with Gasteiger partial charge in [-0.1, -0.05) is 6.07 Å². The lowest BCUT2D eigenvalue weighted by Crippen LogP contribution is -2.20. The third-order valence-corrected chi connectivity index (χ3v) is 3.27. The SMILES string of the molecule is O=C(O)C(Cl)Cn1ccnc1-c1cccs1. The number of alkyl halides is 1. The molecular weight excluding hydrogens is 248 g/mol. The molecule has 0 aliphatic heterocycles. The highest BCUT2D eigenvalue weighted by Gasteiger charge is 2.16. The molecule has 0 saturated heterocycles. The van der Waals surface area contributed by atoms with Crippen molar-refractivity contribution in [3.63, 3.8) is 0 Å². The maximum absolute atomic E-state index is 10.7. The number of nitrogens with zero attached hydrogens (tertiary/aromatic N) is 2. The van der Waals surface area contributed by atoms with Gasteiger partial charge in [-0.2, -0.15) is 0 Å². The van der Waals surface area contributed by atoms with Crippen LogP contribution in [0.4, 0.5) is 0 Å². The fourth-order valence-corrected chi connectivity index (χ4v) is 2.22. The molecule has 2 heterocycles. The number of carboxylic acid groups (broad SMARTS) is 1. The number of carbonyl (C=O) groups is 1. The minimum absolute atomic E-state index is 0.212. The van der Waals surface area contributed by atoms with Crippen LogP contribution >= 0.6 is 22.9 Å². The highest BCUT2D eigenvalue weighted by atomic mass is 35.5. The van der Waals surface area contributed by atoms with Crippen LogP contribution in [0, 0.1) is 0 Å². The zero-order valence-electron chi connectivity index (χ0n) is 8.21. The van der Waals surface area contributed by atoms with Gasteiger partial charge < -0.3 is 9.67 Å². The molecule has 6 heteroatoms. The highest BCUT2D eigenvalue weighted by Crippen LogP contribution is 2.23. The molecule has 4 nitrogen and oxygen atoms in total. The van der Waals surface area contributed by atoms with Crippen molar-refractivity contribution in [2.24, 2.45) is 0 Å². The van der Waals surface area contributed by atoms with Crippen molar-refractivity contribution < 1.29 is 9.90 Å². The molecule has 16 heavy (non-hydrogen) atoms. The van der Waals surface area contributed by atoms with Gasteiger partial charge in [0.2, 0.25) is 0 Å². The van der Waals surface area contributed by atoms with Gasteiger partial charge >= 0.3 is 5.97 Å². The van der Waals surface area contributed by atoms with Crippen LogP contribution in [0.3, 0.4) is 0 Å². The van der Waals surface area contributed by atoms with Crippen LogP contribution in [0.15, 0.2) is 29.9 Å². The van der Waals surface area contributed by atoms with E-state index in [4.69, 9.17) is 16.7 Å². The van der Waals surface area contributed by atoms with Crippen molar-refractivity contribution in [3.05, 3.63) is 29.9 Å². The summed E-state index contributed by atoms with van der Waals surface area (Å²) in [6.07, 6.45) is 3.37. The molecule has 0 fully saturated rings. The summed E-state index contributed by atoms with van der Waals surface area (Å²) >= 11 is 7.25. The predicted molar refractivity (Wildman–Crippen MR) is 62.8 cm³/mol. The Hall–Kier alpha value is -1.33. The predicted octanol–water partition coefficient (Wildman–Crippen LogP) is 2.30. The topological polar surface area (TPSA) is 55.1 Å². The van der Waals surface area contributed by atoms with E-state index < -0.39 is 11.3 Å². The zero-order valence-corrected chi connectivity index (χ0v) is 9.78. The molecule has 0 spiro atoms. The van der Waals surface area contributed by atoms with Crippen molar-refractivity contribution in [1.82, 2.24) is 9.55 Å². The maximum atomic E-state index is 10.7. The van der Waals surface area contributed by atoms with Gasteiger partial charge in [-0.25, -0.2) is 4.98 Å². The summed E-state index contributed by atoms with van der Waals surface area (Å²) in [4.78, 5) is 15.9. The lowest BCUT2D eigenvalue weighted by molar-refractivity contribution is -0.136. The van der Waals surface area contributed by atoms with Crippen LogP contribution in [0.2, 0.25) is 0 Å². The summed E-state index contributed by atoms with van der Waals surface area (Å²) in [5.41, 5.74) is 0. The van der Waals surface area contributed by atoms with E-state index in [1.807, 2.05) is 17.5 Å². The molecule has 0 radical (unpaired) electrons. The van der Waals surface area contributed by atoms with Crippen LogP contribution in [-0.2, 0) is 11.3 Å². The number of hydrogen-bond donors (Lipinski definition) is 1. The van der Waals surface area contributed by atoms with E-state index >= 15 is 0 Å². The summed E-state index contributed by atoms with van der Waals surface area (Å²) in [5, 5.41) is 9.75. The zero-order chi connectivity index (χ0) is 11.5. The third-order valence-electron chi connectivity index (χ3n) is 2.08. The molecule has 2 rings (SSSR count). The van der Waals surface area contributed by atoms with Crippen molar-refractivity contribution in [2.45, 2.75) is 11.9 Å². The van der Waals surface area contributed by atoms with E-state index in [1.165, 1.54) is 0 Å². The molecule has 0 saturated carbocycles. The van der Waals surface area contributed by atoms with Crippen LogP contribution in [0.25, 0.3) is 10.7 Å². The standard InChI is InChI=1S/C10H9ClN2O2S/c11-7(10(14)15)6-13-4-3-12-9(13)8-2-1-5-16-8/h1-5,7H,6H2,(H,14,15). The average molecular weight is 257 g/mol. The van der Waals surface area contributed by atoms with Crippen LogP contribution in [-0.4, -0.2) is 26.0 Å². The number of aliphatic carboxylic acids is 1. The van der Waals surface area contributed by atoms with Crippen molar-refractivity contribution >= 4 is 28.9 Å². The Morgan fingerprint density at radius 3 is 3.12 bits per heavy atom. The van der Waals surface area contributed by atoms with Gasteiger partial charge in [-0.3, -0.25) is 4.79 Å². The molecule has 0 bridgehead atoms. The van der Waals surface area contributed by atoms with E-state index in [-0.39, 0.29) is 6.54 Å². The van der Waals surface area contributed by atoms with E-state index in [1.54, 1.807) is 28.3 Å². The van der Waals surface area contributed by atoms with Gasteiger partial charge in [-0.05, 0) is 11.4 Å². The Balaban J connectivity index is 2.23. The summed E-state index contributed by atoms with van der Waals surface area (Å²) in [6.45, 7) is 0.212. The number of carboxylic acids is 1. The average Bonchev–Trinajstić information content (AvgIpc) is 2.85. The lowest BCUT2D eigenvalue weighted by Gasteiger charge is -2.08. The molecule has 84 valence electrons. The number of imidazole rings is 1. The smallest absolute Gasteiger partial charge is 0.323 e. The van der Waals surface area contributed by atoms with E-state index in [9.17, 15) is 4.79 Å². The normalized spacial score (nSPS) is 12.6. The Morgan fingerprint density at radius 1 is 1.69 bits per heavy atom. The summed E-state index contributed by atoms with van der Waals surface area (Å²) in [5.74, 6) is -0.269. The number of hydrogen-bond acceptors (Lipinski definition) is 3. The molecular formula is C10H9ClN2O2S. The second-order valence-electron chi connectivity index (χ2n) is 3.19. The van der Waals surface area contributed by atoms with E-state index in [2.05, 4.69) is 4.98 Å². The number of thiophene rings is 1. The molecule has 2 aromatic rings. The summed E-state index contributed by atoms with van der Waals surface area (Å²) < 4.78 is 1.75. The molecule has 0 aliphatic carbocycles. The number of halogens is 1. The van der Waals surface area contributed by atoms with Gasteiger partial charge in [0.1, 0.15) is 11.2 Å². The quantitative estimate of drug-likeness (QED) is 0.854. The second-order valence-corrected chi connectivity index (χ2v) is 4.66. The summed E-state index contributed by atoms with van der Waals surface area (Å²) in [7, 11) is 0. The van der Waals surface area contributed by atoms with Gasteiger partial charge in [0.25, 0.3) is 0 Å². The first kappa shape index (κ1) is 11.2. The van der Waals surface area contributed by atoms with Gasteiger partial charge in [0.15, 0.2) is 0 Å². The molecule has 1 unspecified atom stereocenters. The summed E-state index contributed by atoms with van der Waals surface area (Å²) in [6, 6.07) is 3.86. The lowest BCUT2D eigenvalue weighted by atomic mass is 10.4. The second kappa shape index (κ2) is 4.67. The fourth-order valence-electron chi connectivity index (χ4n) is 1.34. The molecule has 1 atom stereocenters. The highest BCUT2D eigenvalue weighted by molar-refractivity contribution is 7.13. The van der Waals surface area contributed by atoms with E-state index in [0.29, 0.717) is 0 Å². The molecule has 0 aromatic carbocycles. The Kier molecular flexibility index (Phi) is 3.26. The number of aromatic nitrogens is 2. The van der Waals surface area contributed by atoms with Crippen LogP contribution in [0.1, 0.15) is 0 Å². The van der Waals surface area contributed by atoms with Crippen molar-refractivity contribution in [3.8, 4) is 10.7 Å². The van der Waals surface area contributed by atoms with Crippen molar-refractivity contribution in [1.29, 1.82) is 0 Å². The largest absolute Gasteiger partial charge is 0.480 e. The minimum Gasteiger partial charge on any atom is -0.480 e. The first-order chi connectivity index (χ1) is 7.68. The number of rotatable bonds is 4. The first-order valence-corrected chi connectivity index (χ1v) is 5.92. The van der Waals surface area contributed by atoms with E-state index in [0.717, 1.165) is 10.7 Å². The van der Waals surface area contributed by atoms with Gasteiger partial charge in [0.05, 0.1) is 11.4 Å². The Morgan fingerprint density at radius 2 is 2.50 bits per heavy atom. The molecule has 0 aliphatic rings. The fraction of sp³-hybridized carbons (Fsp3) is 0.200. The molecule has 0 amide bonds. The maximum Gasteiger partial charge on any atom is 0.323 e. The van der Waals surface area contributed by atoms with Crippen molar-refractivity contribution in [2.75, 3.05) is 0 Å². The van der Waals surface area contributed by atoms with Gasteiger partial charge in [-0.15, -0.1) is 22.9 Å². The minimum atomic E-state index is -1.02. The van der Waals surface area contributed by atoms with Crippen LogP contribution < -0.4 is 0 Å². The monoisotopic (exact) mass is 256 g/mol.